The summed E-state index contributed by atoms with van der Waals surface area (Å²) in [4.78, 5) is 12.6. The highest BCUT2D eigenvalue weighted by Gasteiger charge is 2.31. The highest BCUT2D eigenvalue weighted by Crippen LogP contribution is 2.37. The number of halogens is 1. The lowest BCUT2D eigenvalue weighted by atomic mass is 10.0. The van der Waals surface area contributed by atoms with Gasteiger partial charge in [0.15, 0.2) is 5.69 Å². The number of rotatable bonds is 7. The molecule has 0 aliphatic carbocycles. The van der Waals surface area contributed by atoms with E-state index in [1.54, 1.807) is 29.4 Å². The number of anilines is 1. The second-order valence-corrected chi connectivity index (χ2v) is 7.44. The quantitative estimate of drug-likeness (QED) is 0.615. The van der Waals surface area contributed by atoms with Crippen LogP contribution in [-0.4, -0.2) is 52.9 Å². The van der Waals surface area contributed by atoms with Crippen molar-refractivity contribution in [1.82, 2.24) is 15.2 Å². The number of aromatic nitrogens is 2. The van der Waals surface area contributed by atoms with E-state index in [2.05, 4.69) is 20.6 Å². The Labute approximate surface area is 169 Å². The molecule has 0 fully saturated rings. The van der Waals surface area contributed by atoms with E-state index in [0.717, 1.165) is 11.3 Å². The van der Waals surface area contributed by atoms with Crippen LogP contribution in [0.3, 0.4) is 0 Å². The monoisotopic (exact) mass is 404 g/mol. The molecule has 28 heavy (non-hydrogen) atoms. The second-order valence-electron chi connectivity index (χ2n) is 6.93. The normalized spacial score (nSPS) is 18.7. The van der Waals surface area contributed by atoms with Crippen molar-refractivity contribution >= 4 is 29.4 Å². The van der Waals surface area contributed by atoms with E-state index < -0.39 is 0 Å². The summed E-state index contributed by atoms with van der Waals surface area (Å²) < 4.78 is 5.77. The first-order valence-electron chi connectivity index (χ1n) is 9.15. The number of nitrogens with zero attached hydrogens (tertiary/aromatic N) is 3. The summed E-state index contributed by atoms with van der Waals surface area (Å²) in [5, 5.41) is 15.6. The molecule has 2 aromatic rings. The van der Waals surface area contributed by atoms with Crippen LogP contribution >= 0.6 is 11.6 Å². The summed E-state index contributed by atoms with van der Waals surface area (Å²) in [6.45, 7) is 4.85. The van der Waals surface area contributed by atoms with Crippen LogP contribution in [0.15, 0.2) is 29.4 Å². The molecular formula is C19H25ClN6O2. The van der Waals surface area contributed by atoms with Gasteiger partial charge in [-0.1, -0.05) is 13.8 Å². The molecule has 0 spiro atoms. The smallest absolute Gasteiger partial charge is 0.276 e. The summed E-state index contributed by atoms with van der Waals surface area (Å²) >= 11 is 6.43. The van der Waals surface area contributed by atoms with Crippen LogP contribution in [0.25, 0.3) is 0 Å². The third-order valence-electron chi connectivity index (χ3n) is 4.51. The summed E-state index contributed by atoms with van der Waals surface area (Å²) in [6, 6.07) is 6.99. The fourth-order valence-electron chi connectivity index (χ4n) is 3.00. The molecule has 2 heterocycles. The van der Waals surface area contributed by atoms with E-state index >= 15 is 0 Å². The molecule has 0 bridgehead atoms. The molecule has 1 amide bonds. The molecule has 1 aliphatic rings. The predicted octanol–water partition coefficient (Wildman–Crippen LogP) is 2.70. The lowest BCUT2D eigenvalue weighted by Gasteiger charge is -2.25. The number of carbonyl (C=O) groups is 1. The van der Waals surface area contributed by atoms with Gasteiger partial charge >= 0.3 is 0 Å². The fourth-order valence-corrected chi connectivity index (χ4v) is 3.35. The van der Waals surface area contributed by atoms with Gasteiger partial charge in [0.25, 0.3) is 5.91 Å². The third kappa shape index (κ3) is 4.28. The number of alkyl halides is 1. The Bertz CT molecular complexity index is 854. The fraction of sp³-hybridized carbons (Fsp3) is 0.421. The molecule has 150 valence electrons. The number of carbonyl (C=O) groups excluding carboxylic acids is 1. The average Bonchev–Trinajstić information content (AvgIpc) is 3.28. The van der Waals surface area contributed by atoms with Gasteiger partial charge in [-0.3, -0.25) is 14.9 Å². The molecule has 2 unspecified atom stereocenters. The van der Waals surface area contributed by atoms with Crippen LogP contribution in [0.2, 0.25) is 0 Å². The van der Waals surface area contributed by atoms with E-state index in [4.69, 9.17) is 22.1 Å². The van der Waals surface area contributed by atoms with Crippen molar-refractivity contribution in [3.63, 3.8) is 0 Å². The number of benzene rings is 1. The van der Waals surface area contributed by atoms with E-state index in [1.807, 2.05) is 27.0 Å². The predicted molar refractivity (Wildman–Crippen MR) is 110 cm³/mol. The van der Waals surface area contributed by atoms with Crippen LogP contribution < -0.4 is 15.8 Å². The molecular weight excluding hydrogens is 380 g/mol. The SMILES string of the molecule is CC(C)c1cc(C(=O)Nc2ccc(OCCN)c(C3C(Cl)C=NN3C)c2)n[nH]1. The Balaban J connectivity index is 1.85. The third-order valence-corrected chi connectivity index (χ3v) is 4.86. The van der Waals surface area contributed by atoms with Gasteiger partial charge in [-0.2, -0.15) is 10.2 Å². The van der Waals surface area contributed by atoms with Crippen molar-refractivity contribution in [2.75, 3.05) is 25.5 Å². The van der Waals surface area contributed by atoms with Crippen molar-refractivity contribution in [3.8, 4) is 5.75 Å². The van der Waals surface area contributed by atoms with Crippen LogP contribution in [-0.2, 0) is 0 Å². The summed E-state index contributed by atoms with van der Waals surface area (Å²) in [5.74, 6) is 0.639. The minimum atomic E-state index is -0.309. The molecule has 3 rings (SSSR count). The Hall–Kier alpha value is -2.58. The maximum atomic E-state index is 12.6. The van der Waals surface area contributed by atoms with E-state index in [0.29, 0.717) is 30.3 Å². The van der Waals surface area contributed by atoms with Gasteiger partial charge in [-0.25, -0.2) is 0 Å². The molecule has 1 aromatic carbocycles. The maximum Gasteiger partial charge on any atom is 0.276 e. The molecule has 4 N–H and O–H groups in total. The second kappa shape index (κ2) is 8.62. The molecule has 1 aromatic heterocycles. The zero-order valence-electron chi connectivity index (χ0n) is 16.1. The first kappa shape index (κ1) is 20.2. The molecule has 0 radical (unpaired) electrons. The lowest BCUT2D eigenvalue weighted by Crippen LogP contribution is -2.23. The van der Waals surface area contributed by atoms with Gasteiger partial charge in [-0.05, 0) is 30.2 Å². The Kier molecular flexibility index (Phi) is 6.21. The minimum absolute atomic E-state index is 0.204. The van der Waals surface area contributed by atoms with E-state index in [9.17, 15) is 4.79 Å². The Morgan fingerprint density at radius 2 is 2.21 bits per heavy atom. The van der Waals surface area contributed by atoms with Gasteiger partial charge in [0.2, 0.25) is 0 Å². The van der Waals surface area contributed by atoms with Crippen LogP contribution in [0.5, 0.6) is 5.75 Å². The zero-order valence-corrected chi connectivity index (χ0v) is 16.9. The van der Waals surface area contributed by atoms with Crippen LogP contribution in [0, 0.1) is 0 Å². The van der Waals surface area contributed by atoms with Gasteiger partial charge in [-0.15, -0.1) is 11.6 Å². The number of H-pyrrole nitrogens is 1. The molecule has 8 nitrogen and oxygen atoms in total. The number of amides is 1. The molecule has 9 heteroatoms. The number of hydrazone groups is 1. The largest absolute Gasteiger partial charge is 0.492 e. The van der Waals surface area contributed by atoms with Crippen molar-refractivity contribution < 1.29 is 9.53 Å². The number of aromatic amines is 1. The number of ether oxygens (including phenoxy) is 1. The first-order valence-corrected chi connectivity index (χ1v) is 9.58. The standard InChI is InChI=1S/C19H25ClN6O2/c1-11(2)15-9-16(25-24-15)19(27)23-12-4-5-17(28-7-6-21)13(8-12)18-14(20)10-22-26(18)3/h4-5,8-11,14,18H,6-7,21H2,1-3H3,(H,23,27)(H,24,25). The van der Waals surface area contributed by atoms with Gasteiger partial charge in [0, 0.05) is 36.8 Å². The number of nitrogens with one attached hydrogen (secondary N) is 2. The van der Waals surface area contributed by atoms with Crippen LogP contribution in [0.4, 0.5) is 5.69 Å². The maximum absolute atomic E-state index is 12.6. The lowest BCUT2D eigenvalue weighted by molar-refractivity contribution is 0.102. The summed E-state index contributed by atoms with van der Waals surface area (Å²) in [6.07, 6.45) is 1.68. The number of hydrogen-bond acceptors (Lipinski definition) is 6. The van der Waals surface area contributed by atoms with E-state index in [-0.39, 0.29) is 23.2 Å². The summed E-state index contributed by atoms with van der Waals surface area (Å²) in [7, 11) is 1.85. The zero-order chi connectivity index (χ0) is 20.3. The topological polar surface area (TPSA) is 109 Å². The van der Waals surface area contributed by atoms with Gasteiger partial charge in [0.1, 0.15) is 12.4 Å². The summed E-state index contributed by atoms with van der Waals surface area (Å²) in [5.41, 5.74) is 8.26. The first-order chi connectivity index (χ1) is 13.4. The number of nitrogens with two attached hydrogens (primary N) is 1. The molecule has 0 saturated carbocycles. The molecule has 1 aliphatic heterocycles. The Morgan fingerprint density at radius 3 is 2.82 bits per heavy atom. The highest BCUT2D eigenvalue weighted by molar-refractivity contribution is 6.29. The van der Waals surface area contributed by atoms with E-state index in [1.165, 1.54) is 0 Å². The average molecular weight is 405 g/mol. The minimum Gasteiger partial charge on any atom is -0.492 e. The molecule has 2 atom stereocenters. The highest BCUT2D eigenvalue weighted by atomic mass is 35.5. The number of hydrogen-bond donors (Lipinski definition) is 3. The van der Waals surface area contributed by atoms with Crippen LogP contribution in [0.1, 0.15) is 47.6 Å². The van der Waals surface area contributed by atoms with Crippen molar-refractivity contribution in [1.29, 1.82) is 0 Å². The van der Waals surface area contributed by atoms with Crippen molar-refractivity contribution in [3.05, 3.63) is 41.2 Å². The van der Waals surface area contributed by atoms with Crippen molar-refractivity contribution in [2.45, 2.75) is 31.2 Å². The van der Waals surface area contributed by atoms with Crippen molar-refractivity contribution in [2.24, 2.45) is 10.8 Å². The van der Waals surface area contributed by atoms with Gasteiger partial charge in [0.05, 0.1) is 11.4 Å². The molecule has 0 saturated heterocycles. The Morgan fingerprint density at radius 1 is 1.43 bits per heavy atom. The van der Waals surface area contributed by atoms with Gasteiger partial charge < -0.3 is 15.8 Å².